The molecule has 2 aromatic rings. The second-order valence-corrected chi connectivity index (χ2v) is 7.92. The van der Waals surface area contributed by atoms with E-state index in [4.69, 9.17) is 16.4 Å². The summed E-state index contributed by atoms with van der Waals surface area (Å²) in [6, 6.07) is 8.15. The summed E-state index contributed by atoms with van der Waals surface area (Å²) in [5, 5.41) is 12.2. The van der Waals surface area contributed by atoms with E-state index in [1.54, 1.807) is 0 Å². The molecule has 138 valence electrons. The zero-order chi connectivity index (χ0) is 18.9. The van der Waals surface area contributed by atoms with Crippen molar-refractivity contribution in [1.82, 2.24) is 5.48 Å². The second kappa shape index (κ2) is 7.67. The number of aliphatic hydroxyl groups excluding tert-OH is 1. The van der Waals surface area contributed by atoms with Crippen LogP contribution in [0, 0.1) is 16.3 Å². The van der Waals surface area contributed by atoms with Gasteiger partial charge in [0.2, 0.25) is 0 Å². The number of hydrogen-bond acceptors (Lipinski definition) is 4. The molecule has 0 saturated heterocycles. The van der Waals surface area contributed by atoms with E-state index in [0.29, 0.717) is 12.8 Å². The van der Waals surface area contributed by atoms with E-state index < -0.39 is 17.3 Å². The molecule has 0 unspecified atom stereocenters. The first-order valence-corrected chi connectivity index (χ1v) is 9.41. The van der Waals surface area contributed by atoms with Crippen LogP contribution >= 0.6 is 34.2 Å². The first-order valence-electron chi connectivity index (χ1n) is 7.95. The predicted octanol–water partition coefficient (Wildman–Crippen LogP) is 4.32. The quantitative estimate of drug-likeness (QED) is 0.417. The Balaban J connectivity index is 1.86. The summed E-state index contributed by atoms with van der Waals surface area (Å²) in [5.74, 6) is -1.21. The van der Waals surface area contributed by atoms with Crippen molar-refractivity contribution in [1.29, 1.82) is 0 Å². The lowest BCUT2D eigenvalue weighted by atomic mass is 10.1. The van der Waals surface area contributed by atoms with E-state index in [9.17, 15) is 14.3 Å². The van der Waals surface area contributed by atoms with Crippen molar-refractivity contribution in [3.63, 3.8) is 0 Å². The van der Waals surface area contributed by atoms with Crippen molar-refractivity contribution in [3.8, 4) is 0 Å². The summed E-state index contributed by atoms with van der Waals surface area (Å²) in [5.41, 5.74) is 3.73. The molecule has 0 aromatic heterocycles. The number of aryl methyl sites for hydroxylation is 1. The molecule has 3 N–H and O–H groups in total. The van der Waals surface area contributed by atoms with Crippen LogP contribution in [0.2, 0.25) is 5.02 Å². The lowest BCUT2D eigenvalue weighted by Gasteiger charge is -2.17. The summed E-state index contributed by atoms with van der Waals surface area (Å²) in [7, 11) is 0. The molecule has 1 fully saturated rings. The van der Waals surface area contributed by atoms with E-state index >= 15 is 0 Å². The van der Waals surface area contributed by atoms with Gasteiger partial charge in [0.15, 0.2) is 0 Å². The third kappa shape index (κ3) is 4.28. The average Bonchev–Trinajstić information content (AvgIpc) is 3.39. The molecule has 1 amide bonds. The van der Waals surface area contributed by atoms with Crippen molar-refractivity contribution in [2.24, 2.45) is 0 Å². The smallest absolute Gasteiger partial charge is 0.277 e. The highest BCUT2D eigenvalue weighted by molar-refractivity contribution is 14.1. The Bertz CT molecular complexity index is 859. The fourth-order valence-electron chi connectivity index (χ4n) is 2.39. The van der Waals surface area contributed by atoms with Gasteiger partial charge in [0.25, 0.3) is 5.91 Å². The molecule has 0 bridgehead atoms. The Labute approximate surface area is 169 Å². The summed E-state index contributed by atoms with van der Waals surface area (Å²) < 4.78 is 15.0. The van der Waals surface area contributed by atoms with Crippen LogP contribution < -0.4 is 10.8 Å². The third-order valence-corrected chi connectivity index (χ3v) is 5.18. The molecular weight excluding hydrogens is 474 g/mol. The van der Waals surface area contributed by atoms with E-state index in [1.165, 1.54) is 12.1 Å². The topological polar surface area (TPSA) is 70.6 Å². The van der Waals surface area contributed by atoms with Gasteiger partial charge in [0.1, 0.15) is 11.4 Å². The van der Waals surface area contributed by atoms with Gasteiger partial charge in [-0.1, -0.05) is 11.6 Å². The van der Waals surface area contributed by atoms with Gasteiger partial charge in [-0.3, -0.25) is 9.63 Å². The number of benzene rings is 2. The first-order chi connectivity index (χ1) is 12.3. The Morgan fingerprint density at radius 3 is 2.69 bits per heavy atom. The summed E-state index contributed by atoms with van der Waals surface area (Å²) in [4.78, 5) is 17.8. The molecule has 0 radical (unpaired) electrons. The molecule has 1 aliphatic carbocycles. The van der Waals surface area contributed by atoms with Crippen LogP contribution in [-0.2, 0) is 4.84 Å². The van der Waals surface area contributed by atoms with E-state index in [0.717, 1.165) is 14.8 Å². The molecule has 8 heteroatoms. The van der Waals surface area contributed by atoms with Crippen LogP contribution in [0.5, 0.6) is 0 Å². The van der Waals surface area contributed by atoms with Gasteiger partial charge in [-0.25, -0.2) is 9.87 Å². The van der Waals surface area contributed by atoms with Crippen molar-refractivity contribution in [2.75, 3.05) is 11.9 Å². The van der Waals surface area contributed by atoms with Gasteiger partial charge in [-0.05, 0) is 78.3 Å². The number of carbonyl (C=O) groups is 1. The zero-order valence-corrected chi connectivity index (χ0v) is 16.8. The minimum absolute atomic E-state index is 0.142. The van der Waals surface area contributed by atoms with Gasteiger partial charge in [-0.2, -0.15) is 0 Å². The number of anilines is 2. The molecule has 0 heterocycles. The Hall–Kier alpha value is -1.42. The molecule has 3 rings (SSSR count). The van der Waals surface area contributed by atoms with E-state index in [-0.39, 0.29) is 22.9 Å². The Morgan fingerprint density at radius 1 is 1.35 bits per heavy atom. The lowest BCUT2D eigenvalue weighted by Crippen LogP contribution is -2.33. The molecule has 0 atom stereocenters. The van der Waals surface area contributed by atoms with Gasteiger partial charge in [0, 0.05) is 9.26 Å². The Morgan fingerprint density at radius 2 is 2.08 bits per heavy atom. The SMILES string of the molecule is Cc1cc(I)ccc1Nc1cc(F)c(Cl)cc1C(=O)NOC1(CO)CC1. The van der Waals surface area contributed by atoms with Crippen LogP contribution in [0.25, 0.3) is 0 Å². The molecule has 1 aliphatic rings. The second-order valence-electron chi connectivity index (χ2n) is 6.27. The minimum Gasteiger partial charge on any atom is -0.393 e. The molecule has 5 nitrogen and oxygen atoms in total. The molecule has 0 spiro atoms. The maximum Gasteiger partial charge on any atom is 0.277 e. The van der Waals surface area contributed by atoms with Crippen LogP contribution in [0.1, 0.15) is 28.8 Å². The summed E-state index contributed by atoms with van der Waals surface area (Å²) >= 11 is 8.05. The average molecular weight is 491 g/mol. The standard InChI is InChI=1S/C18H17ClFIN2O3/c1-10-6-11(21)2-3-15(10)22-16-8-14(20)13(19)7-12(16)17(25)23-26-18(9-24)4-5-18/h2-3,6-8,22,24H,4-5,9H2,1H3,(H,23,25). The van der Waals surface area contributed by atoms with Crippen molar-refractivity contribution in [2.45, 2.75) is 25.4 Å². The normalized spacial score (nSPS) is 14.8. The van der Waals surface area contributed by atoms with E-state index in [2.05, 4.69) is 33.4 Å². The van der Waals surface area contributed by atoms with Gasteiger partial charge < -0.3 is 10.4 Å². The van der Waals surface area contributed by atoms with Gasteiger partial charge in [0.05, 0.1) is 22.9 Å². The molecule has 2 aromatic carbocycles. The predicted molar refractivity (Wildman–Crippen MR) is 106 cm³/mol. The van der Waals surface area contributed by atoms with Crippen molar-refractivity contribution >= 4 is 51.5 Å². The summed E-state index contributed by atoms with van der Waals surface area (Å²) in [6.45, 7) is 1.74. The van der Waals surface area contributed by atoms with Gasteiger partial charge in [-0.15, -0.1) is 0 Å². The third-order valence-electron chi connectivity index (χ3n) is 4.22. The fourth-order valence-corrected chi connectivity index (χ4v) is 3.20. The Kier molecular flexibility index (Phi) is 5.71. The lowest BCUT2D eigenvalue weighted by molar-refractivity contribution is -0.0566. The summed E-state index contributed by atoms with van der Waals surface area (Å²) in [6.07, 6.45) is 1.34. The maximum absolute atomic E-state index is 14.0. The number of rotatable bonds is 6. The maximum atomic E-state index is 14.0. The molecule has 26 heavy (non-hydrogen) atoms. The fraction of sp³-hybridized carbons (Fsp3) is 0.278. The number of halogens is 3. The van der Waals surface area contributed by atoms with E-state index in [1.807, 2.05) is 25.1 Å². The highest BCUT2D eigenvalue weighted by Gasteiger charge is 2.45. The van der Waals surface area contributed by atoms with Crippen LogP contribution in [0.15, 0.2) is 30.3 Å². The molecular formula is C18H17ClFIN2O3. The van der Waals surface area contributed by atoms with Crippen molar-refractivity contribution in [3.05, 3.63) is 55.9 Å². The molecule has 1 saturated carbocycles. The number of carbonyl (C=O) groups excluding carboxylic acids is 1. The molecule has 0 aliphatic heterocycles. The number of nitrogens with one attached hydrogen (secondary N) is 2. The van der Waals surface area contributed by atoms with Gasteiger partial charge >= 0.3 is 0 Å². The highest BCUT2D eigenvalue weighted by Crippen LogP contribution is 2.38. The number of amides is 1. The minimum atomic E-state index is -0.709. The van der Waals surface area contributed by atoms with Crippen LogP contribution in [-0.4, -0.2) is 23.2 Å². The highest BCUT2D eigenvalue weighted by atomic mass is 127. The monoisotopic (exact) mass is 490 g/mol. The number of hydroxylamine groups is 1. The van der Waals surface area contributed by atoms with Crippen LogP contribution in [0.3, 0.4) is 0 Å². The van der Waals surface area contributed by atoms with Crippen molar-refractivity contribution < 1.29 is 19.1 Å². The first kappa shape index (κ1) is 19.3. The largest absolute Gasteiger partial charge is 0.393 e. The zero-order valence-electron chi connectivity index (χ0n) is 13.9. The number of hydrogen-bond donors (Lipinski definition) is 3. The number of aliphatic hydroxyl groups is 1. The van der Waals surface area contributed by atoms with Crippen LogP contribution in [0.4, 0.5) is 15.8 Å².